The van der Waals surface area contributed by atoms with Crippen LogP contribution in [0.3, 0.4) is 0 Å². The van der Waals surface area contributed by atoms with Crippen LogP contribution in [0.25, 0.3) is 0 Å². The topological polar surface area (TPSA) is 82.4 Å². The molecule has 0 unspecified atom stereocenters. The lowest BCUT2D eigenvalue weighted by atomic mass is 9.80. The van der Waals surface area contributed by atoms with Crippen molar-refractivity contribution in [2.45, 2.75) is 12.8 Å². The monoisotopic (exact) mass is 294 g/mol. The van der Waals surface area contributed by atoms with Crippen molar-refractivity contribution >= 4 is 23.3 Å². The predicted molar refractivity (Wildman–Crippen MR) is 74.8 cm³/mol. The smallest absolute Gasteiger partial charge is 0.311 e. The summed E-state index contributed by atoms with van der Waals surface area (Å²) >= 11 is 5.91. The molecule has 6 heteroatoms. The van der Waals surface area contributed by atoms with Gasteiger partial charge in [0.05, 0.1) is 16.7 Å². The molecule has 1 fully saturated rings. The number of hydrogen-bond donors (Lipinski definition) is 2. The molecular weight excluding hydrogens is 280 g/mol. The van der Waals surface area contributed by atoms with Crippen molar-refractivity contribution in [3.8, 4) is 6.07 Å². The van der Waals surface area contributed by atoms with Gasteiger partial charge < -0.3 is 15.2 Å². The van der Waals surface area contributed by atoms with Crippen LogP contribution in [0.1, 0.15) is 18.4 Å². The van der Waals surface area contributed by atoms with Gasteiger partial charge in [0.2, 0.25) is 0 Å². The predicted octanol–water partition coefficient (Wildman–Crippen LogP) is 2.50. The minimum Gasteiger partial charge on any atom is -0.481 e. The number of carbonyl (C=O) groups is 1. The Hall–Kier alpha value is -1.77. The summed E-state index contributed by atoms with van der Waals surface area (Å²) in [5, 5.41) is 22.1. The van der Waals surface area contributed by atoms with Gasteiger partial charge in [-0.25, -0.2) is 0 Å². The Morgan fingerprint density at radius 1 is 1.50 bits per heavy atom. The second kappa shape index (κ2) is 6.12. The number of nitrogens with one attached hydrogen (secondary N) is 1. The normalized spacial score (nSPS) is 17.2. The average molecular weight is 295 g/mol. The largest absolute Gasteiger partial charge is 0.481 e. The van der Waals surface area contributed by atoms with E-state index in [1.165, 1.54) is 0 Å². The van der Waals surface area contributed by atoms with Crippen LogP contribution in [-0.2, 0) is 9.53 Å². The third kappa shape index (κ3) is 3.03. The lowest BCUT2D eigenvalue weighted by Gasteiger charge is -2.33. The lowest BCUT2D eigenvalue weighted by molar-refractivity contribution is -0.153. The van der Waals surface area contributed by atoms with E-state index in [4.69, 9.17) is 21.6 Å². The average Bonchev–Trinajstić information content (AvgIpc) is 2.46. The molecule has 0 aromatic heterocycles. The Balaban J connectivity index is 2.16. The van der Waals surface area contributed by atoms with Gasteiger partial charge in [-0.05, 0) is 31.0 Å². The molecule has 1 aromatic rings. The molecule has 1 aromatic carbocycles. The fourth-order valence-electron chi connectivity index (χ4n) is 2.25. The molecule has 0 saturated carbocycles. The third-order valence-corrected chi connectivity index (χ3v) is 3.86. The molecule has 2 N–H and O–H groups in total. The van der Waals surface area contributed by atoms with E-state index < -0.39 is 11.4 Å². The molecule has 106 valence electrons. The number of anilines is 1. The molecule has 0 radical (unpaired) electrons. The highest BCUT2D eigenvalue weighted by molar-refractivity contribution is 6.30. The van der Waals surface area contributed by atoms with E-state index in [0.29, 0.717) is 42.3 Å². The molecule has 0 aliphatic carbocycles. The van der Waals surface area contributed by atoms with Crippen LogP contribution in [-0.4, -0.2) is 30.8 Å². The fraction of sp³-hybridized carbons (Fsp3) is 0.429. The van der Waals surface area contributed by atoms with E-state index in [9.17, 15) is 9.90 Å². The van der Waals surface area contributed by atoms with E-state index >= 15 is 0 Å². The van der Waals surface area contributed by atoms with Crippen LogP contribution in [0.5, 0.6) is 0 Å². The summed E-state index contributed by atoms with van der Waals surface area (Å²) in [4.78, 5) is 11.5. The van der Waals surface area contributed by atoms with Crippen molar-refractivity contribution in [3.05, 3.63) is 28.8 Å². The molecule has 2 rings (SSSR count). The maximum absolute atomic E-state index is 11.5. The van der Waals surface area contributed by atoms with Crippen LogP contribution in [0.4, 0.5) is 5.69 Å². The first-order chi connectivity index (χ1) is 9.57. The minimum absolute atomic E-state index is 0.251. The summed E-state index contributed by atoms with van der Waals surface area (Å²) in [7, 11) is 0. The maximum atomic E-state index is 11.5. The number of carboxylic acids is 1. The van der Waals surface area contributed by atoms with Gasteiger partial charge in [0.25, 0.3) is 0 Å². The van der Waals surface area contributed by atoms with Crippen molar-refractivity contribution in [2.75, 3.05) is 25.1 Å². The fourth-order valence-corrected chi connectivity index (χ4v) is 2.43. The number of hydrogen-bond acceptors (Lipinski definition) is 4. The third-order valence-electron chi connectivity index (χ3n) is 3.62. The zero-order chi connectivity index (χ0) is 14.6. The van der Waals surface area contributed by atoms with Crippen molar-refractivity contribution in [1.82, 2.24) is 0 Å². The molecule has 1 aliphatic rings. The number of carboxylic acid groups (broad SMARTS) is 1. The minimum atomic E-state index is -0.854. The maximum Gasteiger partial charge on any atom is 0.311 e. The molecule has 1 saturated heterocycles. The molecule has 5 nitrogen and oxygen atoms in total. The van der Waals surface area contributed by atoms with Gasteiger partial charge in [0.1, 0.15) is 6.07 Å². The van der Waals surface area contributed by atoms with Crippen LogP contribution >= 0.6 is 11.6 Å². The summed E-state index contributed by atoms with van der Waals surface area (Å²) in [5.41, 5.74) is 0.155. The standard InChI is InChI=1S/C14H15ClN2O3/c15-11-2-1-10(8-16)12(7-11)17-9-14(13(18)19)3-5-20-6-4-14/h1-2,7,17H,3-6,9H2,(H,18,19). The molecular formula is C14H15ClN2O3. The molecule has 20 heavy (non-hydrogen) atoms. The summed E-state index contributed by atoms with van der Waals surface area (Å²) in [6.45, 7) is 1.13. The second-order valence-electron chi connectivity index (χ2n) is 4.85. The Kier molecular flexibility index (Phi) is 4.48. The Bertz CT molecular complexity index is 548. The number of rotatable bonds is 4. The number of halogens is 1. The number of nitrogens with zero attached hydrogens (tertiary/aromatic N) is 1. The number of benzene rings is 1. The van der Waals surface area contributed by atoms with E-state index in [0.717, 1.165) is 0 Å². The van der Waals surface area contributed by atoms with E-state index in [2.05, 4.69) is 11.4 Å². The SMILES string of the molecule is N#Cc1ccc(Cl)cc1NCC1(C(=O)O)CCOCC1. The quantitative estimate of drug-likeness (QED) is 0.891. The van der Waals surface area contributed by atoms with E-state index in [-0.39, 0.29) is 6.54 Å². The first-order valence-corrected chi connectivity index (χ1v) is 6.70. The first kappa shape index (κ1) is 14.6. The van der Waals surface area contributed by atoms with Gasteiger partial charge in [-0.3, -0.25) is 4.79 Å². The van der Waals surface area contributed by atoms with Crippen molar-refractivity contribution in [3.63, 3.8) is 0 Å². The second-order valence-corrected chi connectivity index (χ2v) is 5.29. The van der Waals surface area contributed by atoms with Gasteiger partial charge >= 0.3 is 5.97 Å². The number of aliphatic carboxylic acids is 1. The molecule has 1 aliphatic heterocycles. The van der Waals surface area contributed by atoms with E-state index in [1.807, 2.05) is 0 Å². The Morgan fingerprint density at radius 3 is 2.80 bits per heavy atom. The highest BCUT2D eigenvalue weighted by atomic mass is 35.5. The molecule has 0 bridgehead atoms. The zero-order valence-electron chi connectivity index (χ0n) is 10.9. The Labute approximate surface area is 122 Å². The number of nitriles is 1. The summed E-state index contributed by atoms with van der Waals surface area (Å²) in [6, 6.07) is 6.94. The van der Waals surface area contributed by atoms with Crippen LogP contribution < -0.4 is 5.32 Å². The van der Waals surface area contributed by atoms with Crippen molar-refractivity contribution in [1.29, 1.82) is 5.26 Å². The highest BCUT2D eigenvalue weighted by Gasteiger charge is 2.40. The molecule has 0 spiro atoms. The summed E-state index contributed by atoms with van der Waals surface area (Å²) in [6.07, 6.45) is 0.912. The Morgan fingerprint density at radius 2 is 2.20 bits per heavy atom. The van der Waals surface area contributed by atoms with Gasteiger partial charge in [0.15, 0.2) is 0 Å². The van der Waals surface area contributed by atoms with Gasteiger partial charge in [-0.2, -0.15) is 5.26 Å². The molecule has 1 heterocycles. The first-order valence-electron chi connectivity index (χ1n) is 6.32. The number of ether oxygens (including phenoxy) is 1. The zero-order valence-corrected chi connectivity index (χ0v) is 11.6. The van der Waals surface area contributed by atoms with Crippen LogP contribution in [0.15, 0.2) is 18.2 Å². The van der Waals surface area contributed by atoms with Crippen LogP contribution in [0.2, 0.25) is 5.02 Å². The lowest BCUT2D eigenvalue weighted by Crippen LogP contribution is -2.42. The molecule has 0 atom stereocenters. The van der Waals surface area contributed by atoms with E-state index in [1.54, 1.807) is 18.2 Å². The van der Waals surface area contributed by atoms with Crippen molar-refractivity contribution < 1.29 is 14.6 Å². The van der Waals surface area contributed by atoms with Gasteiger partial charge in [-0.15, -0.1) is 0 Å². The van der Waals surface area contributed by atoms with Crippen molar-refractivity contribution in [2.24, 2.45) is 5.41 Å². The summed E-state index contributed by atoms with van der Waals surface area (Å²) < 4.78 is 5.23. The molecule has 0 amide bonds. The van der Waals surface area contributed by atoms with Gasteiger partial charge in [-0.1, -0.05) is 11.6 Å². The van der Waals surface area contributed by atoms with Gasteiger partial charge in [0, 0.05) is 24.8 Å². The van der Waals surface area contributed by atoms with Crippen LogP contribution in [0, 0.1) is 16.7 Å². The highest BCUT2D eigenvalue weighted by Crippen LogP contribution is 2.32. The summed E-state index contributed by atoms with van der Waals surface area (Å²) in [5.74, 6) is -0.839.